The summed E-state index contributed by atoms with van der Waals surface area (Å²) < 4.78 is 5.70. The second kappa shape index (κ2) is 13.7. The zero-order valence-electron chi connectivity index (χ0n) is 18.7. The van der Waals surface area contributed by atoms with Gasteiger partial charge in [0.1, 0.15) is 5.76 Å². The normalized spacial score (nSPS) is 15.5. The number of nitrogens with zero attached hydrogens (tertiary/aromatic N) is 2. The monoisotopic (exact) mass is 573 g/mol. The maximum absolute atomic E-state index is 12.3. The Morgan fingerprint density at radius 3 is 2.66 bits per heavy atom. The lowest BCUT2D eigenvalue weighted by Crippen LogP contribution is -2.44. The van der Waals surface area contributed by atoms with Crippen molar-refractivity contribution in [1.82, 2.24) is 15.5 Å². The third-order valence-electron chi connectivity index (χ3n) is 5.43. The molecule has 32 heavy (non-hydrogen) atoms. The first-order valence-corrected chi connectivity index (χ1v) is 11.2. The number of hydrogen-bond acceptors (Lipinski definition) is 4. The van der Waals surface area contributed by atoms with Gasteiger partial charge >= 0.3 is 0 Å². The number of nitrogens with one attached hydrogen (secondary N) is 3. The average molecular weight is 574 g/mol. The van der Waals surface area contributed by atoms with Crippen LogP contribution in [0.4, 0.5) is 5.69 Å². The highest BCUT2D eigenvalue weighted by Gasteiger charge is 2.24. The summed E-state index contributed by atoms with van der Waals surface area (Å²) in [6.07, 6.45) is 5.74. The molecule has 1 fully saturated rings. The van der Waals surface area contributed by atoms with Crippen LogP contribution < -0.4 is 16.0 Å². The van der Waals surface area contributed by atoms with Gasteiger partial charge in [0.15, 0.2) is 5.96 Å². The second-order valence-electron chi connectivity index (χ2n) is 7.79. The van der Waals surface area contributed by atoms with Crippen LogP contribution in [0.2, 0.25) is 5.02 Å². The van der Waals surface area contributed by atoms with Gasteiger partial charge in [0.05, 0.1) is 23.0 Å². The number of likely N-dealkylation sites (tertiary alicyclic amines) is 1. The molecule has 1 unspecified atom stereocenters. The molecular weight excluding hydrogens is 541 g/mol. The number of anilines is 1. The number of benzene rings is 1. The maximum atomic E-state index is 12.3. The summed E-state index contributed by atoms with van der Waals surface area (Å²) in [5.74, 6) is 1.52. The van der Waals surface area contributed by atoms with Gasteiger partial charge in [-0.25, -0.2) is 0 Å². The van der Waals surface area contributed by atoms with Crippen LogP contribution in [0.25, 0.3) is 0 Å². The molecule has 3 N–H and O–H groups in total. The Kier molecular flexibility index (Phi) is 11.3. The Hall–Kier alpha value is -1.78. The van der Waals surface area contributed by atoms with Gasteiger partial charge in [-0.05, 0) is 62.7 Å². The summed E-state index contributed by atoms with van der Waals surface area (Å²) in [4.78, 5) is 19.0. The van der Waals surface area contributed by atoms with Gasteiger partial charge < -0.3 is 20.4 Å². The minimum Gasteiger partial charge on any atom is -0.468 e. The van der Waals surface area contributed by atoms with Crippen LogP contribution in [0.3, 0.4) is 0 Å². The van der Waals surface area contributed by atoms with Crippen molar-refractivity contribution < 1.29 is 9.21 Å². The second-order valence-corrected chi connectivity index (χ2v) is 8.20. The van der Waals surface area contributed by atoms with Gasteiger partial charge in [-0.1, -0.05) is 24.1 Å². The van der Waals surface area contributed by atoms with E-state index in [4.69, 9.17) is 16.0 Å². The molecule has 0 aliphatic carbocycles. The summed E-state index contributed by atoms with van der Waals surface area (Å²) in [6, 6.07) is 9.68. The lowest BCUT2D eigenvalue weighted by Gasteiger charge is -2.33. The third-order valence-corrected chi connectivity index (χ3v) is 5.75. The van der Waals surface area contributed by atoms with Gasteiger partial charge in [-0.2, -0.15) is 0 Å². The van der Waals surface area contributed by atoms with E-state index in [2.05, 4.69) is 25.8 Å². The number of hydrogen-bond donors (Lipinski definition) is 3. The Morgan fingerprint density at radius 2 is 2.00 bits per heavy atom. The van der Waals surface area contributed by atoms with E-state index < -0.39 is 0 Å². The Labute approximate surface area is 212 Å². The largest absolute Gasteiger partial charge is 0.468 e. The highest BCUT2D eigenvalue weighted by Crippen LogP contribution is 2.24. The highest BCUT2D eigenvalue weighted by molar-refractivity contribution is 14.0. The van der Waals surface area contributed by atoms with Crippen LogP contribution in [0.15, 0.2) is 46.0 Å². The molecule has 1 saturated heterocycles. The van der Waals surface area contributed by atoms with E-state index in [-0.39, 0.29) is 35.9 Å². The Balaban J connectivity index is 0.00000363. The fourth-order valence-corrected chi connectivity index (χ4v) is 4.05. The Bertz CT molecular complexity index is 869. The average Bonchev–Trinajstić information content (AvgIpc) is 3.30. The number of guanidine groups is 1. The Morgan fingerprint density at radius 1 is 1.22 bits per heavy atom. The molecule has 1 atom stereocenters. The summed E-state index contributed by atoms with van der Waals surface area (Å²) in [5, 5.41) is 9.98. The summed E-state index contributed by atoms with van der Waals surface area (Å²) in [6.45, 7) is 5.24. The van der Waals surface area contributed by atoms with Crippen LogP contribution in [-0.2, 0) is 4.79 Å². The first-order chi connectivity index (χ1) is 15.1. The topological polar surface area (TPSA) is 81.9 Å². The van der Waals surface area contributed by atoms with Crippen LogP contribution >= 0.6 is 35.6 Å². The molecule has 176 valence electrons. The molecule has 1 aromatic heterocycles. The van der Waals surface area contributed by atoms with Gasteiger partial charge in [-0.3, -0.25) is 14.7 Å². The van der Waals surface area contributed by atoms with Gasteiger partial charge in [0.2, 0.25) is 5.91 Å². The lowest BCUT2D eigenvalue weighted by molar-refractivity contribution is -0.116. The van der Waals surface area contributed by atoms with Gasteiger partial charge in [0.25, 0.3) is 0 Å². The van der Waals surface area contributed by atoms with Crippen molar-refractivity contribution >= 4 is 53.1 Å². The number of piperidine rings is 1. The first-order valence-electron chi connectivity index (χ1n) is 10.8. The molecule has 0 saturated carbocycles. The van der Waals surface area contributed by atoms with Crippen LogP contribution in [0.5, 0.6) is 0 Å². The molecule has 0 bridgehead atoms. The van der Waals surface area contributed by atoms with Crippen molar-refractivity contribution in [3.8, 4) is 0 Å². The number of rotatable bonds is 8. The van der Waals surface area contributed by atoms with Crippen molar-refractivity contribution in [2.24, 2.45) is 4.99 Å². The van der Waals surface area contributed by atoms with E-state index in [0.29, 0.717) is 36.2 Å². The van der Waals surface area contributed by atoms with Crippen LogP contribution in [0.1, 0.15) is 43.0 Å². The highest BCUT2D eigenvalue weighted by atomic mass is 127. The predicted molar refractivity (Wildman–Crippen MR) is 141 cm³/mol. The molecule has 1 amide bonds. The van der Waals surface area contributed by atoms with E-state index in [0.717, 1.165) is 24.4 Å². The molecule has 3 rings (SSSR count). The van der Waals surface area contributed by atoms with E-state index in [1.165, 1.54) is 19.3 Å². The lowest BCUT2D eigenvalue weighted by atomic mass is 10.1. The number of halogens is 2. The van der Waals surface area contributed by atoms with E-state index in [1.54, 1.807) is 13.3 Å². The molecule has 0 radical (unpaired) electrons. The number of carbonyl (C=O) groups is 1. The number of aryl methyl sites for hydroxylation is 1. The molecular formula is C23H33ClIN5O2. The number of carbonyl (C=O) groups excluding carboxylic acids is 1. The predicted octanol–water partition coefficient (Wildman–Crippen LogP) is 4.58. The molecule has 1 aliphatic heterocycles. The van der Waals surface area contributed by atoms with Crippen molar-refractivity contribution in [3.05, 3.63) is 52.9 Å². The molecule has 1 aliphatic rings. The van der Waals surface area contributed by atoms with Crippen LogP contribution in [-0.4, -0.2) is 50.0 Å². The fourth-order valence-electron chi connectivity index (χ4n) is 3.76. The standard InChI is InChI=1S/C23H32ClN5O2.HI/c1-17-8-9-19(18(24)15-17)28-22(30)10-11-26-23(25-2)27-16-20(21-7-6-14-31-21)29-12-4-3-5-13-29;/h6-9,14-15,20H,3-5,10-13,16H2,1-2H3,(H,28,30)(H2,25,26,27);1H. The number of amides is 1. The zero-order chi connectivity index (χ0) is 22.1. The van der Waals surface area contributed by atoms with Crippen molar-refractivity contribution in [2.45, 2.75) is 38.6 Å². The molecule has 9 heteroatoms. The summed E-state index contributed by atoms with van der Waals surface area (Å²) in [5.41, 5.74) is 1.68. The smallest absolute Gasteiger partial charge is 0.226 e. The minimum absolute atomic E-state index is 0. The molecule has 0 spiro atoms. The number of furan rings is 1. The van der Waals surface area contributed by atoms with E-state index in [1.807, 2.05) is 37.3 Å². The van der Waals surface area contributed by atoms with E-state index in [9.17, 15) is 4.79 Å². The van der Waals surface area contributed by atoms with Gasteiger partial charge in [0, 0.05) is 26.6 Å². The summed E-state index contributed by atoms with van der Waals surface area (Å²) >= 11 is 6.19. The molecule has 7 nitrogen and oxygen atoms in total. The SMILES string of the molecule is CN=C(NCCC(=O)Nc1ccc(C)cc1Cl)NCC(c1ccco1)N1CCCCC1.I. The molecule has 2 heterocycles. The molecule has 2 aromatic rings. The van der Waals surface area contributed by atoms with E-state index >= 15 is 0 Å². The summed E-state index contributed by atoms with van der Waals surface area (Å²) in [7, 11) is 1.73. The fraction of sp³-hybridized carbons (Fsp3) is 0.478. The van der Waals surface area contributed by atoms with Gasteiger partial charge in [-0.15, -0.1) is 24.0 Å². The van der Waals surface area contributed by atoms with Crippen LogP contribution in [0, 0.1) is 6.92 Å². The van der Waals surface area contributed by atoms with Crippen molar-refractivity contribution in [1.29, 1.82) is 0 Å². The molecule has 1 aromatic carbocycles. The first kappa shape index (κ1) is 26.5. The number of aliphatic imine (C=N–C) groups is 1. The minimum atomic E-state index is -0.101. The third kappa shape index (κ3) is 7.97. The van der Waals surface area contributed by atoms with Crippen molar-refractivity contribution in [3.63, 3.8) is 0 Å². The zero-order valence-corrected chi connectivity index (χ0v) is 21.8. The maximum Gasteiger partial charge on any atom is 0.226 e. The van der Waals surface area contributed by atoms with Crippen molar-refractivity contribution in [2.75, 3.05) is 38.5 Å². The quantitative estimate of drug-likeness (QED) is 0.245.